The first kappa shape index (κ1) is 17.7. The molecule has 0 radical (unpaired) electrons. The number of allylic oxidation sites excluding steroid dienone is 1. The summed E-state index contributed by atoms with van der Waals surface area (Å²) in [6, 6.07) is 2.49. The lowest BCUT2D eigenvalue weighted by Gasteiger charge is -2.35. The maximum atomic E-state index is 10.4. The lowest BCUT2D eigenvalue weighted by Crippen LogP contribution is -2.46. The van der Waals surface area contributed by atoms with Crippen molar-refractivity contribution in [2.45, 2.75) is 25.8 Å². The summed E-state index contributed by atoms with van der Waals surface area (Å²) in [6.07, 6.45) is 8.00. The van der Waals surface area contributed by atoms with Gasteiger partial charge in [0.15, 0.2) is 0 Å². The Morgan fingerprint density at radius 3 is 2.60 bits per heavy atom. The Labute approximate surface area is 149 Å². The SMILES string of the molecule is CCN1CCN(c2cc(NC3CCN(/C=C/C=O)CC3)ncn2)CC1. The molecule has 0 aliphatic carbocycles. The van der Waals surface area contributed by atoms with Gasteiger partial charge >= 0.3 is 0 Å². The summed E-state index contributed by atoms with van der Waals surface area (Å²) >= 11 is 0. The monoisotopic (exact) mass is 344 g/mol. The number of hydrogen-bond donors (Lipinski definition) is 1. The van der Waals surface area contributed by atoms with Gasteiger partial charge in [-0.05, 0) is 25.5 Å². The highest BCUT2D eigenvalue weighted by Gasteiger charge is 2.19. The molecule has 0 unspecified atom stereocenters. The van der Waals surface area contributed by atoms with Crippen molar-refractivity contribution in [1.82, 2.24) is 19.8 Å². The molecule has 1 aromatic rings. The maximum absolute atomic E-state index is 10.4. The summed E-state index contributed by atoms with van der Waals surface area (Å²) < 4.78 is 0. The number of hydrogen-bond acceptors (Lipinski definition) is 7. The van der Waals surface area contributed by atoms with E-state index in [1.807, 2.05) is 6.20 Å². The first-order chi connectivity index (χ1) is 12.3. The second kappa shape index (κ2) is 8.80. The van der Waals surface area contributed by atoms with E-state index in [0.29, 0.717) is 6.04 Å². The van der Waals surface area contributed by atoms with Crippen LogP contribution in [0, 0.1) is 0 Å². The van der Waals surface area contributed by atoms with E-state index in [1.165, 1.54) is 0 Å². The number of anilines is 2. The Morgan fingerprint density at radius 1 is 1.16 bits per heavy atom. The van der Waals surface area contributed by atoms with Gasteiger partial charge in [0, 0.05) is 57.6 Å². The van der Waals surface area contributed by atoms with E-state index < -0.39 is 0 Å². The number of piperidine rings is 1. The van der Waals surface area contributed by atoms with Gasteiger partial charge in [-0.2, -0.15) is 0 Å². The number of aldehydes is 1. The number of rotatable bonds is 6. The fourth-order valence-electron chi connectivity index (χ4n) is 3.45. The normalized spacial score (nSPS) is 20.2. The fraction of sp³-hybridized carbons (Fsp3) is 0.611. The van der Waals surface area contributed by atoms with Crippen LogP contribution in [-0.2, 0) is 4.79 Å². The molecule has 7 nitrogen and oxygen atoms in total. The van der Waals surface area contributed by atoms with E-state index in [2.05, 4.69) is 43.0 Å². The third-order valence-electron chi connectivity index (χ3n) is 5.05. The largest absolute Gasteiger partial charge is 0.377 e. The number of aromatic nitrogens is 2. The van der Waals surface area contributed by atoms with E-state index in [-0.39, 0.29) is 0 Å². The van der Waals surface area contributed by atoms with Gasteiger partial charge < -0.3 is 20.0 Å². The zero-order valence-corrected chi connectivity index (χ0v) is 15.0. The third kappa shape index (κ3) is 4.92. The molecule has 2 aliphatic rings. The smallest absolute Gasteiger partial charge is 0.144 e. The molecule has 2 saturated heterocycles. The van der Waals surface area contributed by atoms with Gasteiger partial charge in [-0.15, -0.1) is 0 Å². The standard InChI is InChI=1S/C18H28N6O/c1-2-22-9-11-24(12-10-22)18-14-17(19-15-20-18)21-16-4-7-23(8-5-16)6-3-13-25/h3,6,13-16H,2,4-5,7-12H2,1H3,(H,19,20,21)/b6-3+. The van der Waals surface area contributed by atoms with Gasteiger partial charge in [-0.1, -0.05) is 6.92 Å². The molecular weight excluding hydrogens is 316 g/mol. The minimum atomic E-state index is 0.417. The van der Waals surface area contributed by atoms with Crippen LogP contribution in [0.2, 0.25) is 0 Å². The highest BCUT2D eigenvalue weighted by Crippen LogP contribution is 2.19. The average molecular weight is 344 g/mol. The Bertz CT molecular complexity index is 577. The Balaban J connectivity index is 1.52. The second-order valence-electron chi connectivity index (χ2n) is 6.61. The predicted octanol–water partition coefficient (Wildman–Crippen LogP) is 1.21. The Hall–Kier alpha value is -2.15. The van der Waals surface area contributed by atoms with Crippen molar-refractivity contribution >= 4 is 17.9 Å². The van der Waals surface area contributed by atoms with Crippen LogP contribution in [-0.4, -0.2) is 77.9 Å². The van der Waals surface area contributed by atoms with Crippen LogP contribution in [0.3, 0.4) is 0 Å². The van der Waals surface area contributed by atoms with Crippen molar-refractivity contribution in [3.63, 3.8) is 0 Å². The summed E-state index contributed by atoms with van der Waals surface area (Å²) in [5.74, 6) is 1.92. The number of carbonyl (C=O) groups excluding carboxylic acids is 1. The van der Waals surface area contributed by atoms with Crippen LogP contribution in [0.25, 0.3) is 0 Å². The van der Waals surface area contributed by atoms with E-state index in [9.17, 15) is 4.79 Å². The highest BCUT2D eigenvalue weighted by atomic mass is 16.1. The minimum Gasteiger partial charge on any atom is -0.377 e. The van der Waals surface area contributed by atoms with Crippen LogP contribution in [0.4, 0.5) is 11.6 Å². The van der Waals surface area contributed by atoms with Crippen molar-refractivity contribution < 1.29 is 4.79 Å². The van der Waals surface area contributed by atoms with Crippen LogP contribution in [0.5, 0.6) is 0 Å². The van der Waals surface area contributed by atoms with Crippen molar-refractivity contribution in [3.8, 4) is 0 Å². The van der Waals surface area contributed by atoms with Gasteiger partial charge in [0.05, 0.1) is 0 Å². The second-order valence-corrected chi connectivity index (χ2v) is 6.61. The molecule has 0 bridgehead atoms. The van der Waals surface area contributed by atoms with Gasteiger partial charge in [-0.25, -0.2) is 9.97 Å². The Morgan fingerprint density at radius 2 is 1.92 bits per heavy atom. The molecule has 0 spiro atoms. The average Bonchev–Trinajstić information content (AvgIpc) is 2.68. The van der Waals surface area contributed by atoms with E-state index in [4.69, 9.17) is 0 Å². The summed E-state index contributed by atoms with van der Waals surface area (Å²) in [7, 11) is 0. The van der Waals surface area contributed by atoms with Gasteiger partial charge in [0.2, 0.25) is 0 Å². The molecule has 25 heavy (non-hydrogen) atoms. The molecule has 1 aromatic heterocycles. The summed E-state index contributed by atoms with van der Waals surface area (Å²) in [6.45, 7) is 9.47. The topological polar surface area (TPSA) is 64.6 Å². The van der Waals surface area contributed by atoms with Crippen molar-refractivity contribution in [3.05, 3.63) is 24.7 Å². The zero-order chi connectivity index (χ0) is 17.5. The van der Waals surface area contributed by atoms with Gasteiger partial charge in [-0.3, -0.25) is 4.79 Å². The number of likely N-dealkylation sites (tertiary alicyclic amines) is 1. The molecule has 3 rings (SSSR count). The summed E-state index contributed by atoms with van der Waals surface area (Å²) in [5.41, 5.74) is 0. The maximum Gasteiger partial charge on any atom is 0.144 e. The van der Waals surface area contributed by atoms with E-state index >= 15 is 0 Å². The molecule has 0 amide bonds. The molecule has 0 saturated carbocycles. The number of likely N-dealkylation sites (N-methyl/N-ethyl adjacent to an activating group) is 1. The van der Waals surface area contributed by atoms with Crippen molar-refractivity contribution in [2.75, 3.05) is 56.0 Å². The van der Waals surface area contributed by atoms with Crippen LogP contribution in [0.15, 0.2) is 24.7 Å². The molecule has 3 heterocycles. The first-order valence-electron chi connectivity index (χ1n) is 9.20. The van der Waals surface area contributed by atoms with Crippen LogP contribution < -0.4 is 10.2 Å². The fourth-order valence-corrected chi connectivity index (χ4v) is 3.45. The highest BCUT2D eigenvalue weighted by molar-refractivity contribution is 5.64. The number of nitrogens with zero attached hydrogens (tertiary/aromatic N) is 5. The van der Waals surface area contributed by atoms with Crippen LogP contribution >= 0.6 is 0 Å². The molecule has 7 heteroatoms. The predicted molar refractivity (Wildman–Crippen MR) is 99.8 cm³/mol. The summed E-state index contributed by atoms with van der Waals surface area (Å²) in [5, 5.41) is 3.55. The molecule has 2 aliphatic heterocycles. The quantitative estimate of drug-likeness (QED) is 0.615. The lowest BCUT2D eigenvalue weighted by atomic mass is 10.1. The van der Waals surface area contributed by atoms with Gasteiger partial charge in [0.25, 0.3) is 0 Å². The lowest BCUT2D eigenvalue weighted by molar-refractivity contribution is -0.104. The third-order valence-corrected chi connectivity index (χ3v) is 5.05. The zero-order valence-electron chi connectivity index (χ0n) is 15.0. The van der Waals surface area contributed by atoms with Crippen molar-refractivity contribution in [2.24, 2.45) is 0 Å². The van der Waals surface area contributed by atoms with Crippen molar-refractivity contribution in [1.29, 1.82) is 0 Å². The molecule has 2 fully saturated rings. The number of nitrogens with one attached hydrogen (secondary N) is 1. The molecule has 1 N–H and O–H groups in total. The number of piperazine rings is 1. The first-order valence-corrected chi connectivity index (χ1v) is 9.20. The van der Waals surface area contributed by atoms with Gasteiger partial charge in [0.1, 0.15) is 24.2 Å². The molecule has 136 valence electrons. The van der Waals surface area contributed by atoms with E-state index in [1.54, 1.807) is 12.4 Å². The molecule has 0 atom stereocenters. The van der Waals surface area contributed by atoms with E-state index in [0.717, 1.165) is 76.6 Å². The number of carbonyl (C=O) groups is 1. The summed E-state index contributed by atoms with van der Waals surface area (Å²) in [4.78, 5) is 26.2. The molecule has 0 aromatic carbocycles. The molecular formula is C18H28N6O. The minimum absolute atomic E-state index is 0.417. The van der Waals surface area contributed by atoms with Crippen LogP contribution in [0.1, 0.15) is 19.8 Å². The Kier molecular flexibility index (Phi) is 6.22.